The molecule has 1 aliphatic carbocycles. The van der Waals surface area contributed by atoms with Gasteiger partial charge in [0.2, 0.25) is 0 Å². The lowest BCUT2D eigenvalue weighted by Gasteiger charge is -2.27. The molecule has 0 unspecified atom stereocenters. The number of aliphatic hydroxyl groups is 1. The molecule has 0 heterocycles. The van der Waals surface area contributed by atoms with E-state index in [4.69, 9.17) is 0 Å². The fourth-order valence-electron chi connectivity index (χ4n) is 1.60. The third-order valence-electron chi connectivity index (χ3n) is 2.72. The molecule has 0 aromatic carbocycles. The van der Waals surface area contributed by atoms with Gasteiger partial charge >= 0.3 is 0 Å². The summed E-state index contributed by atoms with van der Waals surface area (Å²) >= 11 is 0. The number of hydrogen-bond donors (Lipinski definition) is 1. The molecular formula is C10H18O. The Bertz CT molecular complexity index is 166. The number of hydrogen-bond acceptors (Lipinski definition) is 1. The molecule has 0 saturated heterocycles. The molecule has 0 spiro atoms. The van der Waals surface area contributed by atoms with Crippen molar-refractivity contribution in [1.29, 1.82) is 0 Å². The smallest absolute Gasteiger partial charge is 0.0603 e. The largest absolute Gasteiger partial charge is 0.393 e. The highest BCUT2D eigenvalue weighted by atomic mass is 16.3. The minimum atomic E-state index is -0.0892. The maximum Gasteiger partial charge on any atom is 0.0603 e. The first-order valence-corrected chi connectivity index (χ1v) is 4.44. The van der Waals surface area contributed by atoms with Crippen LogP contribution in [0.2, 0.25) is 0 Å². The molecule has 1 fully saturated rings. The molecule has 0 aromatic rings. The van der Waals surface area contributed by atoms with Crippen LogP contribution in [0.1, 0.15) is 40.0 Å². The van der Waals surface area contributed by atoms with Gasteiger partial charge < -0.3 is 5.11 Å². The van der Waals surface area contributed by atoms with Crippen molar-refractivity contribution in [3.8, 4) is 0 Å². The molecule has 0 aliphatic heterocycles. The van der Waals surface area contributed by atoms with Crippen molar-refractivity contribution >= 4 is 0 Å². The van der Waals surface area contributed by atoms with Crippen LogP contribution in [-0.4, -0.2) is 11.2 Å². The molecular weight excluding hydrogens is 136 g/mol. The van der Waals surface area contributed by atoms with E-state index in [1.54, 1.807) is 0 Å². The predicted octanol–water partition coefficient (Wildman–Crippen LogP) is 2.50. The average Bonchev–Trinajstić information content (AvgIpc) is 1.94. The zero-order valence-electron chi connectivity index (χ0n) is 7.72. The van der Waals surface area contributed by atoms with Crippen LogP contribution >= 0.6 is 0 Å². The number of aliphatic hydroxyl groups excluding tert-OH is 1. The second-order valence-electron chi connectivity index (χ2n) is 3.89. The van der Waals surface area contributed by atoms with Gasteiger partial charge in [-0.15, -0.1) is 0 Å². The van der Waals surface area contributed by atoms with Gasteiger partial charge in [-0.1, -0.05) is 18.1 Å². The Labute approximate surface area is 69.1 Å². The van der Waals surface area contributed by atoms with Crippen LogP contribution in [0.25, 0.3) is 0 Å². The molecule has 0 bridgehead atoms. The van der Waals surface area contributed by atoms with Crippen LogP contribution in [0.3, 0.4) is 0 Å². The molecule has 0 aromatic heterocycles. The molecule has 0 radical (unpaired) electrons. The molecule has 64 valence electrons. The first kappa shape index (κ1) is 8.79. The van der Waals surface area contributed by atoms with E-state index < -0.39 is 0 Å². The Morgan fingerprint density at radius 3 is 2.55 bits per heavy atom. The normalized spacial score (nSPS) is 32.2. The van der Waals surface area contributed by atoms with E-state index in [0.29, 0.717) is 5.92 Å². The van der Waals surface area contributed by atoms with Gasteiger partial charge in [-0.05, 0) is 39.0 Å². The van der Waals surface area contributed by atoms with E-state index in [0.717, 1.165) is 12.8 Å². The zero-order chi connectivity index (χ0) is 8.43. The van der Waals surface area contributed by atoms with Crippen molar-refractivity contribution in [3.63, 3.8) is 0 Å². The quantitative estimate of drug-likeness (QED) is 0.531. The highest BCUT2D eigenvalue weighted by molar-refractivity contribution is 5.13. The van der Waals surface area contributed by atoms with Gasteiger partial charge in [0.15, 0.2) is 0 Å². The van der Waals surface area contributed by atoms with E-state index in [1.165, 1.54) is 17.6 Å². The molecule has 1 rings (SSSR count). The van der Waals surface area contributed by atoms with Gasteiger partial charge in [0.05, 0.1) is 6.10 Å². The van der Waals surface area contributed by atoms with Crippen molar-refractivity contribution in [3.05, 3.63) is 11.1 Å². The summed E-state index contributed by atoms with van der Waals surface area (Å²) in [4.78, 5) is 0. The lowest BCUT2D eigenvalue weighted by molar-refractivity contribution is 0.0974. The third-order valence-corrected chi connectivity index (χ3v) is 2.72. The second kappa shape index (κ2) is 3.40. The topological polar surface area (TPSA) is 20.2 Å². The summed E-state index contributed by atoms with van der Waals surface area (Å²) in [7, 11) is 0. The molecule has 2 atom stereocenters. The highest BCUT2D eigenvalue weighted by Crippen LogP contribution is 2.29. The van der Waals surface area contributed by atoms with E-state index in [1.807, 2.05) is 0 Å². The standard InChI is InChI=1S/C10H18O/c1-7(2)9-5-4-8(3)10(11)6-9/h8,10-11H,4-6H2,1-3H3/t8-,10-/m1/s1. The summed E-state index contributed by atoms with van der Waals surface area (Å²) in [5, 5.41) is 9.56. The zero-order valence-corrected chi connectivity index (χ0v) is 7.72. The summed E-state index contributed by atoms with van der Waals surface area (Å²) < 4.78 is 0. The van der Waals surface area contributed by atoms with Crippen molar-refractivity contribution in [2.75, 3.05) is 0 Å². The first-order valence-electron chi connectivity index (χ1n) is 4.44. The van der Waals surface area contributed by atoms with Gasteiger partial charge in [0.25, 0.3) is 0 Å². The molecule has 0 amide bonds. The number of rotatable bonds is 0. The van der Waals surface area contributed by atoms with E-state index >= 15 is 0 Å². The SMILES string of the molecule is CC(C)=C1CC[C@@H](C)[C@H](O)C1. The fourth-order valence-corrected chi connectivity index (χ4v) is 1.60. The molecule has 1 N–H and O–H groups in total. The monoisotopic (exact) mass is 154 g/mol. The van der Waals surface area contributed by atoms with Crippen molar-refractivity contribution in [1.82, 2.24) is 0 Å². The lowest BCUT2D eigenvalue weighted by Crippen LogP contribution is -2.23. The second-order valence-corrected chi connectivity index (χ2v) is 3.89. The minimum Gasteiger partial charge on any atom is -0.393 e. The Kier molecular flexibility index (Phi) is 2.72. The summed E-state index contributed by atoms with van der Waals surface area (Å²) in [5.41, 5.74) is 2.87. The maximum atomic E-state index is 9.56. The summed E-state index contributed by atoms with van der Waals surface area (Å²) in [6, 6.07) is 0. The Balaban J connectivity index is 2.60. The van der Waals surface area contributed by atoms with Gasteiger partial charge in [-0.3, -0.25) is 0 Å². The molecule has 1 heteroatoms. The van der Waals surface area contributed by atoms with Gasteiger partial charge in [-0.2, -0.15) is 0 Å². The van der Waals surface area contributed by atoms with E-state index in [-0.39, 0.29) is 6.10 Å². The summed E-state index contributed by atoms with van der Waals surface area (Å²) in [6.07, 6.45) is 3.17. The van der Waals surface area contributed by atoms with Crippen LogP contribution in [0.15, 0.2) is 11.1 Å². The van der Waals surface area contributed by atoms with Gasteiger partial charge in [-0.25, -0.2) is 0 Å². The Morgan fingerprint density at radius 2 is 2.09 bits per heavy atom. The predicted molar refractivity (Wildman–Crippen MR) is 47.4 cm³/mol. The first-order chi connectivity index (χ1) is 5.11. The van der Waals surface area contributed by atoms with Crippen LogP contribution in [0, 0.1) is 5.92 Å². The maximum absolute atomic E-state index is 9.56. The molecule has 1 saturated carbocycles. The van der Waals surface area contributed by atoms with Crippen LogP contribution < -0.4 is 0 Å². The van der Waals surface area contributed by atoms with Crippen LogP contribution in [0.5, 0.6) is 0 Å². The molecule has 1 nitrogen and oxygen atoms in total. The van der Waals surface area contributed by atoms with E-state index in [2.05, 4.69) is 20.8 Å². The van der Waals surface area contributed by atoms with Crippen molar-refractivity contribution in [2.45, 2.75) is 46.1 Å². The number of allylic oxidation sites excluding steroid dienone is 1. The fraction of sp³-hybridized carbons (Fsp3) is 0.800. The van der Waals surface area contributed by atoms with Gasteiger partial charge in [0, 0.05) is 0 Å². The van der Waals surface area contributed by atoms with Crippen molar-refractivity contribution < 1.29 is 5.11 Å². The highest BCUT2D eigenvalue weighted by Gasteiger charge is 2.21. The Morgan fingerprint density at radius 1 is 1.45 bits per heavy atom. The lowest BCUT2D eigenvalue weighted by atomic mass is 9.83. The Hall–Kier alpha value is -0.300. The van der Waals surface area contributed by atoms with E-state index in [9.17, 15) is 5.11 Å². The van der Waals surface area contributed by atoms with Crippen LogP contribution in [-0.2, 0) is 0 Å². The third kappa shape index (κ3) is 2.06. The summed E-state index contributed by atoms with van der Waals surface area (Å²) in [6.45, 7) is 6.41. The summed E-state index contributed by atoms with van der Waals surface area (Å²) in [5.74, 6) is 0.498. The van der Waals surface area contributed by atoms with Crippen molar-refractivity contribution in [2.24, 2.45) is 5.92 Å². The minimum absolute atomic E-state index is 0.0892. The van der Waals surface area contributed by atoms with Gasteiger partial charge in [0.1, 0.15) is 0 Å². The average molecular weight is 154 g/mol. The van der Waals surface area contributed by atoms with Crippen LogP contribution in [0.4, 0.5) is 0 Å². The molecule has 11 heavy (non-hydrogen) atoms. The molecule has 1 aliphatic rings.